The Morgan fingerprint density at radius 3 is 2.48 bits per heavy atom. The standard InChI is InChI=1S/C13H10FN3O5S/c14-9-6-5-8(7-11(9)17(19)20)13(18)16-10-3-1-2-4-12(10)23(15,21)22/h1-7H,(H,16,18)(H2,15,21,22). The van der Waals surface area contributed by atoms with Gasteiger partial charge < -0.3 is 5.32 Å². The Morgan fingerprint density at radius 2 is 1.87 bits per heavy atom. The van der Waals surface area contributed by atoms with E-state index >= 15 is 0 Å². The number of rotatable bonds is 4. The van der Waals surface area contributed by atoms with Gasteiger partial charge in [0.05, 0.1) is 10.6 Å². The van der Waals surface area contributed by atoms with Crippen molar-refractivity contribution in [3.63, 3.8) is 0 Å². The summed E-state index contributed by atoms with van der Waals surface area (Å²) in [4.78, 5) is 21.5. The molecule has 0 atom stereocenters. The molecule has 0 bridgehead atoms. The Morgan fingerprint density at radius 1 is 1.22 bits per heavy atom. The summed E-state index contributed by atoms with van der Waals surface area (Å²) in [6.45, 7) is 0. The third kappa shape index (κ3) is 3.67. The van der Waals surface area contributed by atoms with Crippen LogP contribution in [0, 0.1) is 15.9 Å². The van der Waals surface area contributed by atoms with E-state index in [2.05, 4.69) is 5.32 Å². The highest BCUT2D eigenvalue weighted by Crippen LogP contribution is 2.22. The first-order valence-corrected chi connectivity index (χ1v) is 7.62. The van der Waals surface area contributed by atoms with Gasteiger partial charge in [0, 0.05) is 11.6 Å². The van der Waals surface area contributed by atoms with Crippen LogP contribution in [0.1, 0.15) is 10.4 Å². The Hall–Kier alpha value is -2.85. The number of nitrogens with one attached hydrogen (secondary N) is 1. The molecule has 3 N–H and O–H groups in total. The number of hydrogen-bond donors (Lipinski definition) is 2. The van der Waals surface area contributed by atoms with Crippen LogP contribution in [0.3, 0.4) is 0 Å². The van der Waals surface area contributed by atoms with E-state index in [0.717, 1.165) is 18.2 Å². The van der Waals surface area contributed by atoms with Crippen LogP contribution in [0.5, 0.6) is 0 Å². The molecule has 0 saturated carbocycles. The summed E-state index contributed by atoms with van der Waals surface area (Å²) in [5.74, 6) is -1.93. The van der Waals surface area contributed by atoms with Crippen molar-refractivity contribution in [2.24, 2.45) is 5.14 Å². The number of nitrogens with zero attached hydrogens (tertiary/aromatic N) is 1. The lowest BCUT2D eigenvalue weighted by Crippen LogP contribution is -2.18. The Kier molecular flexibility index (Phi) is 4.38. The van der Waals surface area contributed by atoms with Gasteiger partial charge in [-0.15, -0.1) is 0 Å². The topological polar surface area (TPSA) is 132 Å². The number of amides is 1. The highest BCUT2D eigenvalue weighted by atomic mass is 32.2. The molecule has 120 valence electrons. The van der Waals surface area contributed by atoms with Gasteiger partial charge in [-0.05, 0) is 24.3 Å². The van der Waals surface area contributed by atoms with E-state index in [0.29, 0.717) is 0 Å². The highest BCUT2D eigenvalue weighted by Gasteiger charge is 2.19. The summed E-state index contributed by atoms with van der Waals surface area (Å²) in [5.41, 5.74) is -1.16. The van der Waals surface area contributed by atoms with E-state index in [9.17, 15) is 27.7 Å². The van der Waals surface area contributed by atoms with Crippen LogP contribution in [0.15, 0.2) is 47.4 Å². The molecule has 0 heterocycles. The van der Waals surface area contributed by atoms with Gasteiger partial charge in [-0.25, -0.2) is 13.6 Å². The molecule has 0 radical (unpaired) electrons. The highest BCUT2D eigenvalue weighted by molar-refractivity contribution is 7.89. The molecule has 0 aromatic heterocycles. The van der Waals surface area contributed by atoms with Crippen molar-refractivity contribution in [1.82, 2.24) is 0 Å². The molecule has 2 rings (SSSR count). The number of hydrogen-bond acceptors (Lipinski definition) is 5. The smallest absolute Gasteiger partial charge is 0.305 e. The summed E-state index contributed by atoms with van der Waals surface area (Å²) in [7, 11) is -4.07. The summed E-state index contributed by atoms with van der Waals surface area (Å²) >= 11 is 0. The quantitative estimate of drug-likeness (QED) is 0.645. The van der Waals surface area contributed by atoms with E-state index in [4.69, 9.17) is 5.14 Å². The van der Waals surface area contributed by atoms with Crippen LogP contribution in [0.25, 0.3) is 0 Å². The monoisotopic (exact) mass is 339 g/mol. The lowest BCUT2D eigenvalue weighted by atomic mass is 10.1. The normalized spacial score (nSPS) is 11.0. The number of halogens is 1. The number of nitro benzene ring substituents is 1. The Balaban J connectivity index is 2.38. The van der Waals surface area contributed by atoms with E-state index in [1.807, 2.05) is 0 Å². The molecule has 0 aliphatic rings. The van der Waals surface area contributed by atoms with Gasteiger partial charge in [0.15, 0.2) is 0 Å². The van der Waals surface area contributed by atoms with Crippen LogP contribution >= 0.6 is 0 Å². The average molecular weight is 339 g/mol. The second kappa shape index (κ2) is 6.10. The van der Waals surface area contributed by atoms with Crippen molar-refractivity contribution in [2.75, 3.05) is 5.32 Å². The van der Waals surface area contributed by atoms with E-state index < -0.39 is 32.4 Å². The molecule has 1 amide bonds. The fourth-order valence-electron chi connectivity index (χ4n) is 1.81. The predicted molar refractivity (Wildman–Crippen MR) is 78.8 cm³/mol. The minimum atomic E-state index is -4.07. The second-order valence-electron chi connectivity index (χ2n) is 4.42. The minimum Gasteiger partial charge on any atom is -0.321 e. The van der Waals surface area contributed by atoms with Crippen molar-refractivity contribution < 1.29 is 22.5 Å². The van der Waals surface area contributed by atoms with Gasteiger partial charge in [0.1, 0.15) is 4.90 Å². The molecule has 0 aliphatic carbocycles. The zero-order valence-corrected chi connectivity index (χ0v) is 12.2. The maximum absolute atomic E-state index is 13.3. The third-order valence-electron chi connectivity index (χ3n) is 2.85. The fourth-order valence-corrected chi connectivity index (χ4v) is 2.50. The molecule has 0 aliphatic heterocycles. The van der Waals surface area contributed by atoms with Crippen LogP contribution in [-0.4, -0.2) is 19.2 Å². The maximum atomic E-state index is 13.3. The summed E-state index contributed by atoms with van der Waals surface area (Å²) < 4.78 is 36.2. The summed E-state index contributed by atoms with van der Waals surface area (Å²) in [6, 6.07) is 7.95. The summed E-state index contributed by atoms with van der Waals surface area (Å²) in [5, 5.41) is 18.0. The SMILES string of the molecule is NS(=O)(=O)c1ccccc1NC(=O)c1ccc(F)c([N+](=O)[O-])c1. The van der Waals surface area contributed by atoms with Crippen molar-refractivity contribution in [1.29, 1.82) is 0 Å². The van der Waals surface area contributed by atoms with E-state index in [1.54, 1.807) is 0 Å². The van der Waals surface area contributed by atoms with Gasteiger partial charge in [-0.2, -0.15) is 4.39 Å². The average Bonchev–Trinajstić information content (AvgIpc) is 2.46. The van der Waals surface area contributed by atoms with Gasteiger partial charge in [-0.3, -0.25) is 14.9 Å². The van der Waals surface area contributed by atoms with Crippen molar-refractivity contribution in [3.8, 4) is 0 Å². The van der Waals surface area contributed by atoms with Gasteiger partial charge in [0.2, 0.25) is 15.8 Å². The number of sulfonamides is 1. The number of nitro groups is 1. The van der Waals surface area contributed by atoms with Crippen LogP contribution < -0.4 is 10.5 Å². The zero-order chi connectivity index (χ0) is 17.2. The number of primary sulfonamides is 1. The Bertz CT molecular complexity index is 898. The van der Waals surface area contributed by atoms with Crippen molar-refractivity contribution >= 4 is 27.3 Å². The molecule has 23 heavy (non-hydrogen) atoms. The van der Waals surface area contributed by atoms with Crippen molar-refractivity contribution in [2.45, 2.75) is 4.90 Å². The number of benzene rings is 2. The number of nitrogens with two attached hydrogens (primary N) is 1. The first kappa shape index (κ1) is 16.5. The molecule has 2 aromatic carbocycles. The van der Waals surface area contributed by atoms with Crippen LogP contribution in [-0.2, 0) is 10.0 Å². The first-order chi connectivity index (χ1) is 10.7. The molecule has 2 aromatic rings. The molecule has 8 nitrogen and oxygen atoms in total. The number of carbonyl (C=O) groups excluding carboxylic acids is 1. The Labute approximate surface area is 129 Å². The van der Waals surface area contributed by atoms with Crippen LogP contribution in [0.2, 0.25) is 0 Å². The molecular weight excluding hydrogens is 329 g/mol. The first-order valence-electron chi connectivity index (χ1n) is 6.07. The predicted octanol–water partition coefficient (Wildman–Crippen LogP) is 1.63. The van der Waals surface area contributed by atoms with Gasteiger partial charge in [-0.1, -0.05) is 12.1 Å². The fraction of sp³-hybridized carbons (Fsp3) is 0. The zero-order valence-electron chi connectivity index (χ0n) is 11.4. The molecular formula is C13H10FN3O5S. The van der Waals surface area contributed by atoms with Crippen LogP contribution in [0.4, 0.5) is 15.8 Å². The minimum absolute atomic E-state index is 0.0908. The van der Waals surface area contributed by atoms with E-state index in [-0.39, 0.29) is 16.1 Å². The maximum Gasteiger partial charge on any atom is 0.305 e. The molecule has 0 spiro atoms. The van der Waals surface area contributed by atoms with Crippen molar-refractivity contribution in [3.05, 3.63) is 64.0 Å². The van der Waals surface area contributed by atoms with Gasteiger partial charge >= 0.3 is 5.69 Å². The second-order valence-corrected chi connectivity index (χ2v) is 5.95. The van der Waals surface area contributed by atoms with Gasteiger partial charge in [0.25, 0.3) is 5.91 Å². The third-order valence-corrected chi connectivity index (χ3v) is 3.82. The van der Waals surface area contributed by atoms with E-state index in [1.165, 1.54) is 24.3 Å². The number of para-hydroxylation sites is 1. The number of carbonyl (C=O) groups is 1. The molecule has 0 saturated heterocycles. The molecule has 0 fully saturated rings. The lowest BCUT2D eigenvalue weighted by molar-refractivity contribution is -0.387. The number of anilines is 1. The molecule has 0 unspecified atom stereocenters. The molecule has 10 heteroatoms. The lowest BCUT2D eigenvalue weighted by Gasteiger charge is -2.09. The largest absolute Gasteiger partial charge is 0.321 e. The summed E-state index contributed by atoms with van der Waals surface area (Å²) in [6.07, 6.45) is 0.